The summed E-state index contributed by atoms with van der Waals surface area (Å²) in [5, 5.41) is 9.91. The number of nitriles is 1. The van der Waals surface area contributed by atoms with Crippen molar-refractivity contribution in [1.29, 1.82) is 5.26 Å². The van der Waals surface area contributed by atoms with Crippen LogP contribution in [0.4, 0.5) is 0 Å². The first kappa shape index (κ1) is 14.1. The van der Waals surface area contributed by atoms with Crippen molar-refractivity contribution in [1.82, 2.24) is 9.55 Å². The van der Waals surface area contributed by atoms with Crippen molar-refractivity contribution < 1.29 is 0 Å². The minimum Gasteiger partial charge on any atom is -0.273 e. The second kappa shape index (κ2) is 5.17. The van der Waals surface area contributed by atoms with E-state index in [-0.39, 0.29) is 0 Å². The summed E-state index contributed by atoms with van der Waals surface area (Å²) in [6.45, 7) is 1.75. The Labute approximate surface area is 130 Å². The lowest BCUT2D eigenvalue weighted by Crippen LogP contribution is -2.29. The van der Waals surface area contributed by atoms with Crippen LogP contribution in [-0.4, -0.2) is 9.55 Å². The molecule has 0 saturated carbocycles. The Balaban J connectivity index is 2.52. The van der Waals surface area contributed by atoms with E-state index in [0.29, 0.717) is 32.7 Å². The molecule has 1 N–H and O–H groups in total. The van der Waals surface area contributed by atoms with Gasteiger partial charge in [-0.25, -0.2) is 4.79 Å². The molecule has 1 aromatic heterocycles. The number of benzene rings is 2. The molecule has 0 unspecified atom stereocenters. The van der Waals surface area contributed by atoms with Crippen molar-refractivity contribution in [3.8, 4) is 11.8 Å². The Bertz CT molecular complexity index is 1060. The number of H-pyrrole nitrogens is 1. The van der Waals surface area contributed by atoms with Gasteiger partial charge < -0.3 is 0 Å². The Morgan fingerprint density at radius 3 is 2.73 bits per heavy atom. The fourth-order valence-corrected chi connectivity index (χ4v) is 2.60. The molecule has 108 valence electrons. The number of hydrogen-bond donors (Lipinski definition) is 1. The van der Waals surface area contributed by atoms with Gasteiger partial charge in [0.05, 0.1) is 28.2 Å². The quantitative estimate of drug-likeness (QED) is 0.750. The number of aromatic nitrogens is 2. The number of nitrogens with zero attached hydrogens (tertiary/aromatic N) is 2. The summed E-state index contributed by atoms with van der Waals surface area (Å²) in [5.41, 5.74) is 1.01. The molecule has 6 heteroatoms. The zero-order chi connectivity index (χ0) is 15.9. The predicted molar refractivity (Wildman–Crippen MR) is 84.6 cm³/mol. The van der Waals surface area contributed by atoms with E-state index in [1.807, 2.05) is 0 Å². The molecule has 0 amide bonds. The number of fused-ring (bicyclic) bond motifs is 1. The van der Waals surface area contributed by atoms with Gasteiger partial charge in [0.2, 0.25) is 0 Å². The second-order valence-electron chi connectivity index (χ2n) is 4.82. The molecular weight excluding hydrogens is 302 g/mol. The standard InChI is InChI=1S/C16H10ClN3O2/c1-9-10(8-18)3-2-4-13(9)20-14-7-11(17)5-6-12(14)15(21)19-16(20)22/h2-7H,1H3,(H,19,21,22). The van der Waals surface area contributed by atoms with Gasteiger partial charge in [-0.2, -0.15) is 5.26 Å². The van der Waals surface area contributed by atoms with Crippen molar-refractivity contribution in [3.05, 3.63) is 73.4 Å². The summed E-state index contributed by atoms with van der Waals surface area (Å²) < 4.78 is 1.36. The first-order chi connectivity index (χ1) is 10.5. The molecule has 1 heterocycles. The maximum Gasteiger partial charge on any atom is 0.333 e. The molecular formula is C16H10ClN3O2. The minimum atomic E-state index is -0.571. The highest BCUT2D eigenvalue weighted by Gasteiger charge is 2.13. The van der Waals surface area contributed by atoms with Gasteiger partial charge >= 0.3 is 5.69 Å². The topological polar surface area (TPSA) is 78.7 Å². The summed E-state index contributed by atoms with van der Waals surface area (Å²) in [6, 6.07) is 11.9. The Kier molecular flexibility index (Phi) is 3.32. The van der Waals surface area contributed by atoms with Crippen molar-refractivity contribution in [2.24, 2.45) is 0 Å². The molecule has 0 bridgehead atoms. The monoisotopic (exact) mass is 311 g/mol. The van der Waals surface area contributed by atoms with Gasteiger partial charge in [0, 0.05) is 5.02 Å². The predicted octanol–water partition coefficient (Wildman–Crippen LogP) is 2.51. The van der Waals surface area contributed by atoms with Gasteiger partial charge in [-0.1, -0.05) is 17.7 Å². The number of rotatable bonds is 1. The number of halogens is 1. The number of aromatic amines is 1. The molecule has 0 radical (unpaired) electrons. The highest BCUT2D eigenvalue weighted by Crippen LogP contribution is 2.21. The molecule has 0 atom stereocenters. The van der Waals surface area contributed by atoms with E-state index in [9.17, 15) is 9.59 Å². The Hall–Kier alpha value is -2.84. The largest absolute Gasteiger partial charge is 0.333 e. The average molecular weight is 312 g/mol. The molecule has 0 aliphatic rings. The zero-order valence-corrected chi connectivity index (χ0v) is 12.3. The molecule has 0 spiro atoms. The zero-order valence-electron chi connectivity index (χ0n) is 11.6. The van der Waals surface area contributed by atoms with Crippen LogP contribution in [0.25, 0.3) is 16.6 Å². The van der Waals surface area contributed by atoms with E-state index < -0.39 is 11.2 Å². The highest BCUT2D eigenvalue weighted by atomic mass is 35.5. The Morgan fingerprint density at radius 1 is 1.23 bits per heavy atom. The summed E-state index contributed by atoms with van der Waals surface area (Å²) in [4.78, 5) is 26.5. The summed E-state index contributed by atoms with van der Waals surface area (Å²) in [7, 11) is 0. The van der Waals surface area contributed by atoms with Gasteiger partial charge in [-0.05, 0) is 42.8 Å². The lowest BCUT2D eigenvalue weighted by atomic mass is 10.1. The summed E-state index contributed by atoms with van der Waals surface area (Å²) in [6.07, 6.45) is 0. The van der Waals surface area contributed by atoms with Gasteiger partial charge in [-0.3, -0.25) is 14.3 Å². The third-order valence-electron chi connectivity index (χ3n) is 3.54. The normalized spacial score (nSPS) is 10.6. The SMILES string of the molecule is Cc1c(C#N)cccc1-n1c(=O)[nH]c(=O)c2ccc(Cl)cc21. The van der Waals surface area contributed by atoms with Gasteiger partial charge in [0.25, 0.3) is 5.56 Å². The molecule has 22 heavy (non-hydrogen) atoms. The van der Waals surface area contributed by atoms with E-state index in [2.05, 4.69) is 11.1 Å². The first-order valence-corrected chi connectivity index (χ1v) is 6.85. The van der Waals surface area contributed by atoms with Crippen molar-refractivity contribution in [2.75, 3.05) is 0 Å². The van der Waals surface area contributed by atoms with E-state index in [1.54, 1.807) is 43.3 Å². The highest BCUT2D eigenvalue weighted by molar-refractivity contribution is 6.31. The second-order valence-corrected chi connectivity index (χ2v) is 5.25. The molecule has 0 aliphatic carbocycles. The van der Waals surface area contributed by atoms with Gasteiger partial charge in [0.15, 0.2) is 0 Å². The smallest absolute Gasteiger partial charge is 0.273 e. The van der Waals surface area contributed by atoms with Crippen LogP contribution in [0.2, 0.25) is 5.02 Å². The van der Waals surface area contributed by atoms with E-state index >= 15 is 0 Å². The fraction of sp³-hybridized carbons (Fsp3) is 0.0625. The average Bonchev–Trinajstić information content (AvgIpc) is 2.48. The van der Waals surface area contributed by atoms with Crippen LogP contribution in [0.1, 0.15) is 11.1 Å². The van der Waals surface area contributed by atoms with Crippen LogP contribution >= 0.6 is 11.6 Å². The molecule has 5 nitrogen and oxygen atoms in total. The third-order valence-corrected chi connectivity index (χ3v) is 3.77. The van der Waals surface area contributed by atoms with Crippen molar-refractivity contribution in [3.63, 3.8) is 0 Å². The van der Waals surface area contributed by atoms with Crippen molar-refractivity contribution in [2.45, 2.75) is 6.92 Å². The van der Waals surface area contributed by atoms with Crippen molar-refractivity contribution >= 4 is 22.5 Å². The minimum absolute atomic E-state index is 0.353. The van der Waals surface area contributed by atoms with Crippen LogP contribution < -0.4 is 11.2 Å². The maximum absolute atomic E-state index is 12.3. The molecule has 0 fully saturated rings. The summed E-state index contributed by atoms with van der Waals surface area (Å²) in [5.74, 6) is 0. The van der Waals surface area contributed by atoms with E-state index in [4.69, 9.17) is 16.9 Å². The maximum atomic E-state index is 12.3. The number of hydrogen-bond acceptors (Lipinski definition) is 3. The van der Waals surface area contributed by atoms with E-state index in [1.165, 1.54) is 4.57 Å². The number of nitrogens with one attached hydrogen (secondary N) is 1. The molecule has 0 aliphatic heterocycles. The molecule has 3 rings (SSSR count). The third kappa shape index (κ3) is 2.10. The van der Waals surface area contributed by atoms with E-state index in [0.717, 1.165) is 0 Å². The van der Waals surface area contributed by atoms with Crippen LogP contribution in [0.5, 0.6) is 0 Å². The molecule has 0 saturated heterocycles. The fourth-order valence-electron chi connectivity index (χ4n) is 2.44. The first-order valence-electron chi connectivity index (χ1n) is 6.47. The van der Waals surface area contributed by atoms with Crippen LogP contribution in [0.15, 0.2) is 46.0 Å². The lowest BCUT2D eigenvalue weighted by molar-refractivity contribution is 0.934. The van der Waals surface area contributed by atoms with Crippen LogP contribution in [-0.2, 0) is 0 Å². The Morgan fingerprint density at radius 2 is 2.00 bits per heavy atom. The van der Waals surface area contributed by atoms with Gasteiger partial charge in [-0.15, -0.1) is 0 Å². The van der Waals surface area contributed by atoms with Gasteiger partial charge in [0.1, 0.15) is 0 Å². The lowest BCUT2D eigenvalue weighted by Gasteiger charge is -2.13. The summed E-state index contributed by atoms with van der Waals surface area (Å²) >= 11 is 6.00. The molecule has 3 aromatic rings. The van der Waals surface area contributed by atoms with Crippen LogP contribution in [0, 0.1) is 18.3 Å². The van der Waals surface area contributed by atoms with Crippen LogP contribution in [0.3, 0.4) is 0 Å². The molecule has 2 aromatic carbocycles.